The molecule has 5 heteroatoms. The molecule has 110 valence electrons. The molecule has 3 rings (SSSR count). The Morgan fingerprint density at radius 3 is 2.85 bits per heavy atom. The van der Waals surface area contributed by atoms with E-state index in [1.807, 2.05) is 18.7 Å². The monoisotopic (exact) mass is 278 g/mol. The van der Waals surface area contributed by atoms with E-state index in [0.717, 1.165) is 18.5 Å². The van der Waals surface area contributed by atoms with Crippen molar-refractivity contribution in [3.05, 3.63) is 17.0 Å². The molecule has 0 radical (unpaired) electrons. The Labute approximate surface area is 119 Å². The van der Waals surface area contributed by atoms with E-state index >= 15 is 0 Å². The summed E-state index contributed by atoms with van der Waals surface area (Å²) >= 11 is 0. The third-order valence-corrected chi connectivity index (χ3v) is 4.53. The lowest BCUT2D eigenvalue weighted by molar-refractivity contribution is -0.0948. The number of aromatic nitrogens is 1. The maximum atomic E-state index is 12.8. The average molecular weight is 278 g/mol. The fraction of sp³-hybridized carbons (Fsp3) is 0.733. The van der Waals surface area contributed by atoms with Crippen LogP contribution in [0, 0.1) is 6.92 Å². The number of amides is 1. The quantitative estimate of drug-likeness (QED) is 0.833. The van der Waals surface area contributed by atoms with Crippen LogP contribution in [0.4, 0.5) is 0 Å². The Balaban J connectivity index is 1.81. The minimum Gasteiger partial charge on any atom is -0.371 e. The fourth-order valence-electron chi connectivity index (χ4n) is 3.43. The Morgan fingerprint density at radius 2 is 2.15 bits per heavy atom. The minimum atomic E-state index is -0.0919. The summed E-state index contributed by atoms with van der Waals surface area (Å²) in [5.41, 5.74) is 1.33. The Kier molecular flexibility index (Phi) is 3.54. The van der Waals surface area contributed by atoms with Gasteiger partial charge in [0.1, 0.15) is 11.3 Å². The second kappa shape index (κ2) is 5.20. The van der Waals surface area contributed by atoms with Crippen molar-refractivity contribution in [1.82, 2.24) is 10.1 Å². The first kappa shape index (κ1) is 13.6. The van der Waals surface area contributed by atoms with E-state index in [-0.39, 0.29) is 11.5 Å². The van der Waals surface area contributed by atoms with Gasteiger partial charge in [-0.3, -0.25) is 4.79 Å². The molecule has 1 aromatic heterocycles. The summed E-state index contributed by atoms with van der Waals surface area (Å²) in [6, 6.07) is 0. The number of hydrogen-bond acceptors (Lipinski definition) is 4. The van der Waals surface area contributed by atoms with Crippen LogP contribution in [-0.4, -0.2) is 41.3 Å². The molecule has 2 aliphatic rings. The van der Waals surface area contributed by atoms with Gasteiger partial charge >= 0.3 is 0 Å². The second-order valence-corrected chi connectivity index (χ2v) is 5.88. The molecule has 1 amide bonds. The molecule has 2 heterocycles. The van der Waals surface area contributed by atoms with Gasteiger partial charge in [0.2, 0.25) is 0 Å². The van der Waals surface area contributed by atoms with E-state index in [1.165, 1.54) is 12.8 Å². The van der Waals surface area contributed by atoms with E-state index < -0.39 is 0 Å². The fourth-order valence-corrected chi connectivity index (χ4v) is 3.43. The van der Waals surface area contributed by atoms with Crippen LogP contribution in [0.15, 0.2) is 4.52 Å². The van der Waals surface area contributed by atoms with E-state index in [0.29, 0.717) is 37.4 Å². The molecule has 0 bridgehead atoms. The number of nitrogens with zero attached hydrogens (tertiary/aromatic N) is 2. The van der Waals surface area contributed by atoms with Crippen molar-refractivity contribution in [3.8, 4) is 0 Å². The highest BCUT2D eigenvalue weighted by Gasteiger charge is 2.41. The van der Waals surface area contributed by atoms with Gasteiger partial charge in [0.15, 0.2) is 0 Å². The second-order valence-electron chi connectivity index (χ2n) is 5.88. The van der Waals surface area contributed by atoms with Crippen molar-refractivity contribution in [2.45, 2.75) is 51.6 Å². The molecule has 1 saturated heterocycles. The maximum Gasteiger partial charge on any atom is 0.259 e. The van der Waals surface area contributed by atoms with E-state index in [1.54, 1.807) is 0 Å². The molecule has 0 aromatic carbocycles. The normalized spacial score (nSPS) is 21.6. The van der Waals surface area contributed by atoms with E-state index in [9.17, 15) is 4.79 Å². The zero-order chi connectivity index (χ0) is 14.2. The zero-order valence-corrected chi connectivity index (χ0v) is 12.3. The average Bonchev–Trinajstić information content (AvgIpc) is 3.05. The third kappa shape index (κ3) is 2.24. The van der Waals surface area contributed by atoms with E-state index in [4.69, 9.17) is 9.26 Å². The molecule has 1 aliphatic heterocycles. The predicted octanol–water partition coefficient (Wildman–Crippen LogP) is 2.33. The summed E-state index contributed by atoms with van der Waals surface area (Å²) in [6.45, 7) is 5.81. The van der Waals surface area contributed by atoms with Gasteiger partial charge in [-0.2, -0.15) is 0 Å². The van der Waals surface area contributed by atoms with Crippen LogP contribution in [0.1, 0.15) is 54.4 Å². The topological polar surface area (TPSA) is 55.6 Å². The van der Waals surface area contributed by atoms with Crippen LogP contribution in [-0.2, 0) is 11.2 Å². The van der Waals surface area contributed by atoms with Gasteiger partial charge in [0, 0.05) is 6.54 Å². The van der Waals surface area contributed by atoms with Crippen LogP contribution >= 0.6 is 0 Å². The lowest BCUT2D eigenvalue weighted by atomic mass is 9.99. The first-order chi connectivity index (χ1) is 9.65. The van der Waals surface area contributed by atoms with Crippen LogP contribution in [0.5, 0.6) is 0 Å². The lowest BCUT2D eigenvalue weighted by Gasteiger charge is -2.40. The van der Waals surface area contributed by atoms with Crippen LogP contribution in [0.2, 0.25) is 0 Å². The van der Waals surface area contributed by atoms with Gasteiger partial charge in [-0.15, -0.1) is 0 Å². The number of ether oxygens (including phenoxy) is 1. The Hall–Kier alpha value is -1.36. The van der Waals surface area contributed by atoms with Gasteiger partial charge in [-0.25, -0.2) is 0 Å². The molecule has 0 atom stereocenters. The molecule has 0 N–H and O–H groups in total. The number of carbonyl (C=O) groups excluding carboxylic acids is 1. The molecular formula is C15H22N2O3. The SMILES string of the molecule is CCc1noc(C)c1C(=O)N1CCOC2(CCCC2)C1. The molecule has 1 aromatic rings. The molecule has 5 nitrogen and oxygen atoms in total. The maximum absolute atomic E-state index is 12.8. The Morgan fingerprint density at radius 1 is 1.40 bits per heavy atom. The standard InChI is InChI=1S/C15H22N2O3/c1-3-12-13(11(2)20-16-12)14(18)17-8-9-19-15(10-17)6-4-5-7-15/h3-10H2,1-2H3. The van der Waals surface area contributed by atoms with E-state index in [2.05, 4.69) is 5.16 Å². The highest BCUT2D eigenvalue weighted by atomic mass is 16.5. The molecular weight excluding hydrogens is 256 g/mol. The zero-order valence-electron chi connectivity index (χ0n) is 12.3. The molecule has 2 fully saturated rings. The molecule has 0 unspecified atom stereocenters. The van der Waals surface area contributed by atoms with Crippen LogP contribution in [0.3, 0.4) is 0 Å². The minimum absolute atomic E-state index is 0.0511. The number of rotatable bonds is 2. The molecule has 1 saturated carbocycles. The summed E-state index contributed by atoms with van der Waals surface area (Å²) in [5.74, 6) is 0.675. The van der Waals surface area contributed by atoms with Crippen molar-refractivity contribution in [1.29, 1.82) is 0 Å². The van der Waals surface area contributed by atoms with Crippen molar-refractivity contribution >= 4 is 5.91 Å². The van der Waals surface area contributed by atoms with Crippen molar-refractivity contribution in [2.75, 3.05) is 19.7 Å². The number of morpholine rings is 1. The van der Waals surface area contributed by atoms with Gasteiger partial charge in [-0.05, 0) is 26.2 Å². The van der Waals surface area contributed by atoms with Gasteiger partial charge in [-0.1, -0.05) is 24.9 Å². The number of aryl methyl sites for hydroxylation is 2. The predicted molar refractivity (Wildman–Crippen MR) is 73.7 cm³/mol. The summed E-state index contributed by atoms with van der Waals surface area (Å²) in [6.07, 6.45) is 5.26. The Bertz CT molecular complexity index is 503. The smallest absolute Gasteiger partial charge is 0.259 e. The molecule has 1 spiro atoms. The number of carbonyl (C=O) groups is 1. The van der Waals surface area contributed by atoms with Gasteiger partial charge in [0.05, 0.1) is 24.4 Å². The number of hydrogen-bond donors (Lipinski definition) is 0. The summed E-state index contributed by atoms with van der Waals surface area (Å²) in [7, 11) is 0. The van der Waals surface area contributed by atoms with Crippen LogP contribution < -0.4 is 0 Å². The van der Waals surface area contributed by atoms with Crippen molar-refractivity contribution < 1.29 is 14.1 Å². The molecule has 1 aliphatic carbocycles. The van der Waals surface area contributed by atoms with Gasteiger partial charge in [0.25, 0.3) is 5.91 Å². The third-order valence-electron chi connectivity index (χ3n) is 4.53. The summed E-state index contributed by atoms with van der Waals surface area (Å²) < 4.78 is 11.2. The summed E-state index contributed by atoms with van der Waals surface area (Å²) in [4.78, 5) is 14.7. The lowest BCUT2D eigenvalue weighted by Crippen LogP contribution is -2.52. The highest BCUT2D eigenvalue weighted by Crippen LogP contribution is 2.36. The first-order valence-electron chi connectivity index (χ1n) is 7.53. The van der Waals surface area contributed by atoms with Crippen molar-refractivity contribution in [3.63, 3.8) is 0 Å². The molecule has 20 heavy (non-hydrogen) atoms. The van der Waals surface area contributed by atoms with Gasteiger partial charge < -0.3 is 14.2 Å². The largest absolute Gasteiger partial charge is 0.371 e. The summed E-state index contributed by atoms with van der Waals surface area (Å²) in [5, 5.41) is 3.99. The first-order valence-corrected chi connectivity index (χ1v) is 7.53. The highest BCUT2D eigenvalue weighted by molar-refractivity contribution is 5.96. The van der Waals surface area contributed by atoms with Crippen LogP contribution in [0.25, 0.3) is 0 Å². The van der Waals surface area contributed by atoms with Crippen molar-refractivity contribution in [2.24, 2.45) is 0 Å².